The van der Waals surface area contributed by atoms with E-state index >= 15 is 0 Å². The third kappa shape index (κ3) is 47.9. The first-order valence-electron chi connectivity index (χ1n) is 4.41. The molecule has 0 aliphatic rings. The molecule has 19 heavy (non-hydrogen) atoms. The van der Waals surface area contributed by atoms with Gasteiger partial charge in [0.1, 0.15) is 6.79 Å². The molecule has 0 aliphatic heterocycles. The Bertz CT molecular complexity index is 233. The Morgan fingerprint density at radius 2 is 0.684 bits per heavy atom. The molecule has 0 saturated heterocycles. The molecule has 0 unspecified atom stereocenters. The van der Waals surface area contributed by atoms with Gasteiger partial charge in [-0.15, -0.1) is 0 Å². The van der Waals surface area contributed by atoms with E-state index in [0.717, 1.165) is 0 Å². The van der Waals surface area contributed by atoms with Crippen LogP contribution in [-0.4, -0.2) is 80.6 Å². The van der Waals surface area contributed by atoms with Crippen LogP contribution in [0.3, 0.4) is 0 Å². The minimum absolute atomic E-state index is 0. The van der Waals surface area contributed by atoms with Gasteiger partial charge in [0, 0.05) is 0 Å². The van der Waals surface area contributed by atoms with Crippen LogP contribution in [0.4, 0.5) is 0 Å². The fraction of sp³-hybridized carbons (Fsp3) is 0.444. The van der Waals surface area contributed by atoms with E-state index in [0.29, 0.717) is 0 Å². The van der Waals surface area contributed by atoms with Crippen molar-refractivity contribution >= 4 is 60.2 Å². The van der Waals surface area contributed by atoms with Crippen LogP contribution in [0.2, 0.25) is 0 Å². The predicted molar refractivity (Wildman–Crippen MR) is 63.3 cm³/mol. The molecular formula is C9H15NaO9. The van der Waals surface area contributed by atoms with Gasteiger partial charge in [-0.1, -0.05) is 0 Å². The van der Waals surface area contributed by atoms with Crippen molar-refractivity contribution in [2.45, 2.75) is 25.7 Å². The summed E-state index contributed by atoms with van der Waals surface area (Å²) in [5, 5.41) is 31.6. The Morgan fingerprint density at radius 1 is 0.579 bits per heavy atom. The van der Waals surface area contributed by atoms with Gasteiger partial charge in [-0.2, -0.15) is 0 Å². The molecule has 0 bridgehead atoms. The second-order valence-electron chi connectivity index (χ2n) is 2.57. The quantitative estimate of drug-likeness (QED) is 0.450. The Kier molecular flexibility index (Phi) is 26.0. The van der Waals surface area contributed by atoms with Gasteiger partial charge in [0.05, 0.1) is 25.7 Å². The minimum atomic E-state index is -1.08. The zero-order valence-corrected chi connectivity index (χ0v) is 9.37. The van der Waals surface area contributed by atoms with Gasteiger partial charge in [-0.3, -0.25) is 19.2 Å². The zero-order valence-electron chi connectivity index (χ0n) is 9.37. The van der Waals surface area contributed by atoms with Crippen LogP contribution in [-0.2, 0) is 24.0 Å². The molecule has 9 nitrogen and oxygen atoms in total. The van der Waals surface area contributed by atoms with E-state index in [1.165, 1.54) is 0 Å². The van der Waals surface area contributed by atoms with Crippen LogP contribution in [0.15, 0.2) is 0 Å². The van der Waals surface area contributed by atoms with Crippen molar-refractivity contribution in [3.63, 3.8) is 0 Å². The predicted octanol–water partition coefficient (Wildman–Crippen LogP) is -0.962. The average Bonchev–Trinajstić information content (AvgIpc) is 2.27. The van der Waals surface area contributed by atoms with Crippen LogP contribution in [0.5, 0.6) is 0 Å². The number of hydrogen-bond acceptors (Lipinski definition) is 5. The summed E-state index contributed by atoms with van der Waals surface area (Å²) < 4.78 is 0. The van der Waals surface area contributed by atoms with Crippen molar-refractivity contribution in [2.24, 2.45) is 0 Å². The summed E-state index contributed by atoms with van der Waals surface area (Å²) in [7, 11) is 0. The molecule has 0 radical (unpaired) electrons. The van der Waals surface area contributed by atoms with Gasteiger partial charge in [0.15, 0.2) is 0 Å². The second-order valence-corrected chi connectivity index (χ2v) is 2.57. The fourth-order valence-corrected chi connectivity index (χ4v) is 0.428. The van der Waals surface area contributed by atoms with E-state index in [2.05, 4.69) is 0 Å². The van der Waals surface area contributed by atoms with Gasteiger partial charge in [-0.05, 0) is 0 Å². The molecule has 4 N–H and O–H groups in total. The average molecular weight is 290 g/mol. The maximum absolute atomic E-state index is 9.64. The molecule has 0 heterocycles. The molecule has 0 amide bonds. The Hall–Kier alpha value is -1.45. The first-order chi connectivity index (χ1) is 8.25. The Labute approximate surface area is 130 Å². The van der Waals surface area contributed by atoms with Crippen molar-refractivity contribution in [1.29, 1.82) is 0 Å². The zero-order chi connectivity index (χ0) is 15.1. The number of rotatable bonds is 6. The molecular weight excluding hydrogens is 275 g/mol. The van der Waals surface area contributed by atoms with Crippen LogP contribution in [0, 0.1) is 0 Å². The standard InChI is InChI=1S/2C4H6O4.CH2O.Na.H/c2*5-3(6)1-2-4(7)8;1-2;;/h2*1-2H2,(H,5,6)(H,7,8);1H2;;. The summed E-state index contributed by atoms with van der Waals surface area (Å²) in [5.41, 5.74) is 0. The summed E-state index contributed by atoms with van der Waals surface area (Å²) >= 11 is 0. The fourth-order valence-electron chi connectivity index (χ4n) is 0.428. The SMILES string of the molecule is C=O.O=C(O)CCC(=O)O.O=C(O)CCC(=O)O.[NaH]. The first kappa shape index (κ1) is 26.2. The first-order valence-corrected chi connectivity index (χ1v) is 4.41. The number of aliphatic carboxylic acids is 4. The van der Waals surface area contributed by atoms with E-state index < -0.39 is 23.9 Å². The molecule has 0 saturated carbocycles. The maximum atomic E-state index is 9.64. The van der Waals surface area contributed by atoms with E-state index in [-0.39, 0.29) is 55.2 Å². The summed E-state index contributed by atoms with van der Waals surface area (Å²) in [6.07, 6.45) is -1.19. The van der Waals surface area contributed by atoms with Crippen molar-refractivity contribution in [2.75, 3.05) is 0 Å². The summed E-state index contributed by atoms with van der Waals surface area (Å²) in [4.78, 5) is 46.6. The number of carbonyl (C=O) groups is 5. The van der Waals surface area contributed by atoms with Gasteiger partial charge >= 0.3 is 53.4 Å². The molecule has 0 aromatic carbocycles. The van der Waals surface area contributed by atoms with Gasteiger partial charge in [-0.25, -0.2) is 0 Å². The normalized spacial score (nSPS) is 7.37. The number of carboxylic acids is 4. The van der Waals surface area contributed by atoms with Crippen LogP contribution < -0.4 is 0 Å². The van der Waals surface area contributed by atoms with E-state index in [9.17, 15) is 19.2 Å². The van der Waals surface area contributed by atoms with E-state index in [4.69, 9.17) is 25.2 Å². The third-order valence-corrected chi connectivity index (χ3v) is 1.11. The molecule has 0 aromatic rings. The number of carboxylic acid groups (broad SMARTS) is 4. The second kappa shape index (κ2) is 18.9. The molecule has 0 aromatic heterocycles. The van der Waals surface area contributed by atoms with Crippen LogP contribution >= 0.6 is 0 Å². The summed E-state index contributed by atoms with van der Waals surface area (Å²) in [6, 6.07) is 0. The monoisotopic (exact) mass is 290 g/mol. The molecule has 0 fully saturated rings. The van der Waals surface area contributed by atoms with Crippen molar-refractivity contribution in [3.8, 4) is 0 Å². The molecule has 0 rings (SSSR count). The molecule has 0 spiro atoms. The molecule has 0 aliphatic carbocycles. The summed E-state index contributed by atoms with van der Waals surface area (Å²) in [6.45, 7) is 2.00. The number of hydrogen-bond donors (Lipinski definition) is 4. The van der Waals surface area contributed by atoms with Crippen LogP contribution in [0.25, 0.3) is 0 Å². The summed E-state index contributed by atoms with van der Waals surface area (Å²) in [5.74, 6) is -4.31. The van der Waals surface area contributed by atoms with Crippen molar-refractivity contribution in [1.82, 2.24) is 0 Å². The molecule has 106 valence electrons. The van der Waals surface area contributed by atoms with Gasteiger partial charge in [0.25, 0.3) is 0 Å². The van der Waals surface area contributed by atoms with E-state index in [1.54, 1.807) is 0 Å². The Balaban J connectivity index is -0.0000000999. The van der Waals surface area contributed by atoms with E-state index in [1.807, 2.05) is 6.79 Å². The topological polar surface area (TPSA) is 166 Å². The Morgan fingerprint density at radius 3 is 0.737 bits per heavy atom. The molecule has 10 heteroatoms. The number of carbonyl (C=O) groups excluding carboxylic acids is 1. The van der Waals surface area contributed by atoms with Gasteiger partial charge in [0.2, 0.25) is 0 Å². The van der Waals surface area contributed by atoms with Crippen LogP contribution in [0.1, 0.15) is 25.7 Å². The van der Waals surface area contributed by atoms with Gasteiger partial charge < -0.3 is 25.2 Å². The van der Waals surface area contributed by atoms with Crippen molar-refractivity contribution in [3.05, 3.63) is 0 Å². The molecule has 0 atom stereocenters. The third-order valence-electron chi connectivity index (χ3n) is 1.11. The van der Waals surface area contributed by atoms with Crippen molar-refractivity contribution < 1.29 is 44.4 Å².